The van der Waals surface area contributed by atoms with E-state index in [2.05, 4.69) is 53.7 Å². The van der Waals surface area contributed by atoms with Gasteiger partial charge in [-0.1, -0.05) is 50.2 Å². The van der Waals surface area contributed by atoms with Gasteiger partial charge in [-0.15, -0.1) is 0 Å². The van der Waals surface area contributed by atoms with Gasteiger partial charge in [0.15, 0.2) is 5.69 Å². The number of carbonyl (C=O) groups is 3. The predicted octanol–water partition coefficient (Wildman–Crippen LogP) is 8.36. The molecule has 0 bridgehead atoms. The number of pyridine rings is 1. The van der Waals surface area contributed by atoms with Crippen LogP contribution in [0.2, 0.25) is 0 Å². The van der Waals surface area contributed by atoms with E-state index in [1.807, 2.05) is 24.3 Å². The quantitative estimate of drug-likeness (QED) is 0.110. The number of anilines is 1. The summed E-state index contributed by atoms with van der Waals surface area (Å²) in [5, 5.41) is 10.2. The van der Waals surface area contributed by atoms with Crippen LogP contribution in [0.3, 0.4) is 0 Å². The lowest BCUT2D eigenvalue weighted by Crippen LogP contribution is -2.34. The van der Waals surface area contributed by atoms with Crippen molar-refractivity contribution in [2.75, 3.05) is 18.5 Å². The maximum Gasteiger partial charge on any atom is 0.413 e. The fourth-order valence-electron chi connectivity index (χ4n) is 5.02. The third-order valence-corrected chi connectivity index (χ3v) is 7.27. The van der Waals surface area contributed by atoms with Crippen molar-refractivity contribution < 1.29 is 33.3 Å². The summed E-state index contributed by atoms with van der Waals surface area (Å²) in [6.45, 7) is 17.5. The van der Waals surface area contributed by atoms with E-state index >= 15 is 0 Å². The Hall–Kier alpha value is -5.39. The lowest BCUT2D eigenvalue weighted by atomic mass is 9.99. The first-order chi connectivity index (χ1) is 24.0. The van der Waals surface area contributed by atoms with Crippen LogP contribution in [0, 0.1) is 0 Å². The number of aromatic nitrogens is 3. The topological polar surface area (TPSA) is 143 Å². The van der Waals surface area contributed by atoms with Crippen LogP contribution in [0.4, 0.5) is 15.4 Å². The average molecular weight is 700 g/mol. The monoisotopic (exact) mass is 699 g/mol. The van der Waals surface area contributed by atoms with Crippen molar-refractivity contribution in [3.05, 3.63) is 83.7 Å². The van der Waals surface area contributed by atoms with E-state index in [9.17, 15) is 14.4 Å². The van der Waals surface area contributed by atoms with Crippen LogP contribution in [0.5, 0.6) is 5.75 Å². The summed E-state index contributed by atoms with van der Waals surface area (Å²) in [6.07, 6.45) is 0.278. The van der Waals surface area contributed by atoms with Gasteiger partial charge in [-0.3, -0.25) is 10.00 Å². The molecule has 0 unspecified atom stereocenters. The molecule has 2 N–H and O–H groups in total. The average Bonchev–Trinajstić information content (AvgIpc) is 3.42. The van der Waals surface area contributed by atoms with Crippen molar-refractivity contribution in [1.29, 1.82) is 0 Å². The van der Waals surface area contributed by atoms with E-state index in [1.165, 1.54) is 16.4 Å². The number of carbonyl (C=O) groups excluding carboxylic acids is 3. The fraction of sp³-hybridized carbons (Fsp3) is 0.410. The Labute approximate surface area is 299 Å². The molecule has 2 aromatic carbocycles. The zero-order valence-electron chi connectivity index (χ0n) is 31.0. The van der Waals surface area contributed by atoms with Gasteiger partial charge < -0.3 is 24.3 Å². The van der Waals surface area contributed by atoms with Gasteiger partial charge in [0.2, 0.25) is 0 Å². The van der Waals surface area contributed by atoms with Gasteiger partial charge in [0.25, 0.3) is 0 Å². The Morgan fingerprint density at radius 1 is 0.843 bits per heavy atom. The molecular formula is C39H49N5O7. The van der Waals surface area contributed by atoms with Gasteiger partial charge in [-0.2, -0.15) is 5.10 Å². The summed E-state index contributed by atoms with van der Waals surface area (Å²) in [7, 11) is 0. The lowest BCUT2D eigenvalue weighted by Gasteiger charge is -2.19. The van der Waals surface area contributed by atoms with Gasteiger partial charge in [-0.25, -0.2) is 19.4 Å². The molecule has 2 aromatic heterocycles. The highest BCUT2D eigenvalue weighted by molar-refractivity contribution is 6.00. The molecule has 272 valence electrons. The molecule has 12 nitrogen and oxygen atoms in total. The van der Waals surface area contributed by atoms with E-state index in [1.54, 1.807) is 60.6 Å². The minimum Gasteiger partial charge on any atom is -0.489 e. The summed E-state index contributed by atoms with van der Waals surface area (Å²) < 4.78 is 23.9. The highest BCUT2D eigenvalue weighted by Gasteiger charge is 2.28. The molecule has 0 saturated carbocycles. The largest absolute Gasteiger partial charge is 0.489 e. The number of nitrogens with zero attached hydrogens (tertiary/aromatic N) is 3. The van der Waals surface area contributed by atoms with Crippen molar-refractivity contribution in [3.63, 3.8) is 0 Å². The minimum absolute atomic E-state index is 0.120. The van der Waals surface area contributed by atoms with Crippen molar-refractivity contribution in [3.8, 4) is 28.1 Å². The third kappa shape index (κ3) is 11.3. The Bertz CT molecular complexity index is 1800. The first-order valence-electron chi connectivity index (χ1n) is 17.1. The van der Waals surface area contributed by atoms with Crippen LogP contribution in [-0.4, -0.2) is 57.3 Å². The van der Waals surface area contributed by atoms with Crippen LogP contribution >= 0.6 is 0 Å². The first-order valence-corrected chi connectivity index (χ1v) is 17.1. The van der Waals surface area contributed by atoms with E-state index in [0.29, 0.717) is 40.7 Å². The second-order valence-corrected chi connectivity index (χ2v) is 14.2. The van der Waals surface area contributed by atoms with Crippen LogP contribution in [0.15, 0.2) is 66.9 Å². The molecular weight excluding hydrogens is 650 g/mol. The molecule has 2 heterocycles. The second-order valence-electron chi connectivity index (χ2n) is 14.2. The van der Waals surface area contributed by atoms with Crippen LogP contribution in [-0.2, 0) is 27.4 Å². The molecule has 0 radical (unpaired) electrons. The number of amides is 2. The van der Waals surface area contributed by atoms with Crippen molar-refractivity contribution in [1.82, 2.24) is 20.1 Å². The Balaban J connectivity index is 1.71. The van der Waals surface area contributed by atoms with E-state index in [-0.39, 0.29) is 31.2 Å². The van der Waals surface area contributed by atoms with E-state index in [4.69, 9.17) is 24.0 Å². The molecule has 2 amide bonds. The van der Waals surface area contributed by atoms with Gasteiger partial charge in [0.05, 0.1) is 13.2 Å². The van der Waals surface area contributed by atoms with Crippen molar-refractivity contribution in [2.45, 2.75) is 92.6 Å². The Kier molecular flexibility index (Phi) is 12.5. The van der Waals surface area contributed by atoms with E-state index in [0.717, 1.165) is 5.56 Å². The number of esters is 1. The molecule has 4 aromatic rings. The second kappa shape index (κ2) is 16.5. The summed E-state index contributed by atoms with van der Waals surface area (Å²) in [5.74, 6) is 0.738. The van der Waals surface area contributed by atoms with Crippen molar-refractivity contribution in [2.24, 2.45) is 0 Å². The molecule has 4 rings (SSSR count). The highest BCUT2D eigenvalue weighted by Crippen LogP contribution is 2.37. The van der Waals surface area contributed by atoms with Gasteiger partial charge in [0, 0.05) is 23.9 Å². The highest BCUT2D eigenvalue weighted by atomic mass is 16.6. The molecule has 0 aliphatic heterocycles. The van der Waals surface area contributed by atoms with Gasteiger partial charge >= 0.3 is 18.2 Å². The zero-order chi connectivity index (χ0) is 37.3. The Morgan fingerprint density at radius 3 is 2.10 bits per heavy atom. The number of hydrogen-bond acceptors (Lipinski definition) is 9. The zero-order valence-corrected chi connectivity index (χ0v) is 31.0. The molecule has 0 fully saturated rings. The van der Waals surface area contributed by atoms with Crippen LogP contribution in [0.1, 0.15) is 89.8 Å². The van der Waals surface area contributed by atoms with Gasteiger partial charge in [0.1, 0.15) is 35.1 Å². The van der Waals surface area contributed by atoms with Crippen LogP contribution in [0.25, 0.3) is 22.4 Å². The van der Waals surface area contributed by atoms with Crippen molar-refractivity contribution >= 4 is 24.0 Å². The molecule has 0 saturated heterocycles. The predicted molar refractivity (Wildman–Crippen MR) is 196 cm³/mol. The summed E-state index contributed by atoms with van der Waals surface area (Å²) in [6, 6.07) is 19.1. The molecule has 0 spiro atoms. The summed E-state index contributed by atoms with van der Waals surface area (Å²) in [5.41, 5.74) is 3.29. The number of hydrogen-bond donors (Lipinski definition) is 2. The number of benzene rings is 2. The van der Waals surface area contributed by atoms with Gasteiger partial charge in [-0.05, 0) is 95.3 Å². The first kappa shape index (κ1) is 38.4. The summed E-state index contributed by atoms with van der Waals surface area (Å²) in [4.78, 5) is 42.9. The SMILES string of the molecule is CCOC(=O)c1c(-c2ccc(OCc3ccc(C(C)C)cc3)cc2)c(-c2ccnc(NC(=O)OC(C)(C)C)c2)nn1CCNC(=O)OC(C)(C)C. The van der Waals surface area contributed by atoms with E-state index < -0.39 is 29.4 Å². The maximum absolute atomic E-state index is 13.6. The number of ether oxygens (including phenoxy) is 4. The molecule has 0 aliphatic carbocycles. The fourth-order valence-corrected chi connectivity index (χ4v) is 5.02. The minimum atomic E-state index is -0.705. The maximum atomic E-state index is 13.6. The molecule has 12 heteroatoms. The molecule has 0 aliphatic rings. The number of nitrogens with one attached hydrogen (secondary N) is 2. The normalized spacial score (nSPS) is 11.6. The summed E-state index contributed by atoms with van der Waals surface area (Å²) >= 11 is 0. The third-order valence-electron chi connectivity index (χ3n) is 7.27. The molecule has 0 atom stereocenters. The Morgan fingerprint density at radius 2 is 1.49 bits per heavy atom. The van der Waals surface area contributed by atoms with Crippen LogP contribution < -0.4 is 15.4 Å². The smallest absolute Gasteiger partial charge is 0.413 e. The number of alkyl carbamates (subject to hydrolysis) is 1. The molecule has 51 heavy (non-hydrogen) atoms. The standard InChI is InChI=1S/C39H49N5O7/c1-10-48-35(45)34-32(28-15-17-30(18-16-28)49-24-26-11-13-27(14-12-26)25(2)3)33(43-44(34)22-21-41-36(46)50-38(4,5)6)29-19-20-40-31(23-29)42-37(47)51-39(7,8)9/h11-20,23,25H,10,21-22,24H2,1-9H3,(H,41,46)(H,40,42,47). The lowest BCUT2D eigenvalue weighted by molar-refractivity contribution is 0.0511. The number of rotatable bonds is 12.